The number of benzene rings is 2. The molecule has 0 saturated carbocycles. The van der Waals surface area contributed by atoms with Crippen LogP contribution in [0, 0.1) is 0 Å². The average molecular weight is 269 g/mol. The van der Waals surface area contributed by atoms with E-state index in [4.69, 9.17) is 9.84 Å². The Morgan fingerprint density at radius 1 is 1.05 bits per heavy atom. The number of para-hydroxylation sites is 1. The summed E-state index contributed by atoms with van der Waals surface area (Å²) in [4.78, 5) is 0. The smallest absolute Gasteiger partial charge is 0.143 e. The second-order valence-corrected chi connectivity index (χ2v) is 5.08. The van der Waals surface area contributed by atoms with Crippen LogP contribution in [-0.4, -0.2) is 11.7 Å². The lowest BCUT2D eigenvalue weighted by Crippen LogP contribution is -2.13. The summed E-state index contributed by atoms with van der Waals surface area (Å²) in [6.45, 7) is 1.64. The summed E-state index contributed by atoms with van der Waals surface area (Å²) in [5.41, 5.74) is 4.51. The molecule has 3 rings (SSSR count). The molecule has 3 heteroatoms. The Balaban J connectivity index is 1.71. The highest BCUT2D eigenvalue weighted by Gasteiger charge is 2.13. The summed E-state index contributed by atoms with van der Waals surface area (Å²) in [5, 5.41) is 12.5. The van der Waals surface area contributed by atoms with Gasteiger partial charge in [0.2, 0.25) is 0 Å². The van der Waals surface area contributed by atoms with Crippen LogP contribution in [0.2, 0.25) is 0 Å². The Labute approximate surface area is 119 Å². The maximum Gasteiger partial charge on any atom is 0.143 e. The fourth-order valence-corrected chi connectivity index (χ4v) is 2.50. The van der Waals surface area contributed by atoms with Gasteiger partial charge in [-0.25, -0.2) is 0 Å². The third-order valence-electron chi connectivity index (χ3n) is 3.64. The Bertz CT molecular complexity index is 578. The fourth-order valence-electron chi connectivity index (χ4n) is 2.50. The van der Waals surface area contributed by atoms with Crippen LogP contribution in [0.3, 0.4) is 0 Å². The van der Waals surface area contributed by atoms with Crippen LogP contribution in [0.15, 0.2) is 42.5 Å². The van der Waals surface area contributed by atoms with E-state index in [0.717, 1.165) is 35.5 Å². The number of aliphatic hydroxyl groups excluding tert-OH is 1. The molecule has 2 aromatic rings. The molecule has 2 N–H and O–H groups in total. The normalized spacial score (nSPS) is 13.4. The van der Waals surface area contributed by atoms with Crippen molar-refractivity contribution in [1.29, 1.82) is 0 Å². The van der Waals surface area contributed by atoms with E-state index < -0.39 is 0 Å². The van der Waals surface area contributed by atoms with Crippen molar-refractivity contribution in [3.63, 3.8) is 0 Å². The lowest BCUT2D eigenvalue weighted by Gasteiger charge is -2.21. The van der Waals surface area contributed by atoms with Gasteiger partial charge in [-0.2, -0.15) is 0 Å². The van der Waals surface area contributed by atoms with Gasteiger partial charge in [-0.15, -0.1) is 0 Å². The molecule has 3 nitrogen and oxygen atoms in total. The minimum atomic E-state index is 0.0806. The zero-order valence-corrected chi connectivity index (χ0v) is 11.4. The number of ether oxygens (including phenoxy) is 1. The lowest BCUT2D eigenvalue weighted by molar-refractivity contribution is 0.281. The van der Waals surface area contributed by atoms with Gasteiger partial charge in [0.25, 0.3) is 0 Å². The van der Waals surface area contributed by atoms with Gasteiger partial charge in [0.1, 0.15) is 12.4 Å². The Morgan fingerprint density at radius 2 is 1.85 bits per heavy atom. The number of hydrogen-bond acceptors (Lipinski definition) is 3. The first-order valence-electron chi connectivity index (χ1n) is 7.04. The second kappa shape index (κ2) is 5.97. The summed E-state index contributed by atoms with van der Waals surface area (Å²) in [6, 6.07) is 14.1. The molecule has 0 atom stereocenters. The molecular weight excluding hydrogens is 250 g/mol. The number of hydrogen-bond donors (Lipinski definition) is 2. The highest BCUT2D eigenvalue weighted by Crippen LogP contribution is 2.32. The van der Waals surface area contributed by atoms with Crippen LogP contribution in [0.25, 0.3) is 0 Å². The van der Waals surface area contributed by atoms with Crippen molar-refractivity contribution in [2.24, 2.45) is 0 Å². The van der Waals surface area contributed by atoms with E-state index in [2.05, 4.69) is 17.4 Å². The third kappa shape index (κ3) is 2.78. The number of anilines is 1. The summed E-state index contributed by atoms with van der Waals surface area (Å²) >= 11 is 0. The van der Waals surface area contributed by atoms with Gasteiger partial charge in [-0.05, 0) is 35.6 Å². The first-order valence-corrected chi connectivity index (χ1v) is 7.04. The summed E-state index contributed by atoms with van der Waals surface area (Å²) < 4.78 is 5.94. The van der Waals surface area contributed by atoms with Gasteiger partial charge in [-0.1, -0.05) is 36.4 Å². The standard InChI is InChI=1S/C17H19NO2/c19-11-13-6-8-14(9-7-13)12-20-16-5-1-3-15-4-2-10-18-17(15)16/h1,3,5-9,18-19H,2,4,10-12H2. The quantitative estimate of drug-likeness (QED) is 0.896. The van der Waals surface area contributed by atoms with E-state index in [-0.39, 0.29) is 6.61 Å². The molecule has 0 unspecified atom stereocenters. The Morgan fingerprint density at radius 3 is 2.65 bits per heavy atom. The molecule has 0 saturated heterocycles. The average Bonchev–Trinajstić information content (AvgIpc) is 2.53. The number of nitrogens with one attached hydrogen (secondary N) is 1. The van der Waals surface area contributed by atoms with Gasteiger partial charge in [0.15, 0.2) is 0 Å². The van der Waals surface area contributed by atoms with E-state index in [1.54, 1.807) is 0 Å². The largest absolute Gasteiger partial charge is 0.487 e. The van der Waals surface area contributed by atoms with E-state index >= 15 is 0 Å². The SMILES string of the molecule is OCc1ccc(COc2cccc3c2NCCC3)cc1. The Kier molecular flexibility index (Phi) is 3.88. The van der Waals surface area contributed by atoms with E-state index in [1.165, 1.54) is 12.0 Å². The predicted octanol–water partition coefficient (Wildman–Crippen LogP) is 3.12. The minimum absolute atomic E-state index is 0.0806. The maximum absolute atomic E-state index is 9.03. The molecule has 1 aliphatic rings. The van der Waals surface area contributed by atoms with Gasteiger partial charge < -0.3 is 15.2 Å². The van der Waals surface area contributed by atoms with Gasteiger partial charge in [-0.3, -0.25) is 0 Å². The summed E-state index contributed by atoms with van der Waals surface area (Å²) in [6.07, 6.45) is 2.30. The summed E-state index contributed by atoms with van der Waals surface area (Å²) in [7, 11) is 0. The van der Waals surface area contributed by atoms with Gasteiger partial charge in [0, 0.05) is 6.54 Å². The van der Waals surface area contributed by atoms with Crippen molar-refractivity contribution in [3.05, 3.63) is 59.2 Å². The molecule has 1 aliphatic heterocycles. The number of fused-ring (bicyclic) bond motifs is 1. The van der Waals surface area contributed by atoms with Crippen molar-refractivity contribution in [2.75, 3.05) is 11.9 Å². The molecule has 20 heavy (non-hydrogen) atoms. The zero-order valence-electron chi connectivity index (χ0n) is 11.4. The van der Waals surface area contributed by atoms with E-state index in [9.17, 15) is 0 Å². The molecule has 0 bridgehead atoms. The fraction of sp³-hybridized carbons (Fsp3) is 0.294. The first-order chi connectivity index (χ1) is 9.86. The second-order valence-electron chi connectivity index (χ2n) is 5.08. The van der Waals surface area contributed by atoms with Crippen molar-refractivity contribution in [2.45, 2.75) is 26.1 Å². The molecule has 0 amide bonds. The van der Waals surface area contributed by atoms with Crippen LogP contribution in [-0.2, 0) is 19.6 Å². The van der Waals surface area contributed by atoms with Crippen molar-refractivity contribution >= 4 is 5.69 Å². The van der Waals surface area contributed by atoms with Crippen LogP contribution < -0.4 is 10.1 Å². The van der Waals surface area contributed by atoms with Crippen molar-refractivity contribution in [1.82, 2.24) is 0 Å². The van der Waals surface area contributed by atoms with Gasteiger partial charge in [0.05, 0.1) is 12.3 Å². The zero-order chi connectivity index (χ0) is 13.8. The predicted molar refractivity (Wildman–Crippen MR) is 79.9 cm³/mol. The van der Waals surface area contributed by atoms with E-state index in [1.807, 2.05) is 30.3 Å². The molecule has 2 aromatic carbocycles. The Hall–Kier alpha value is -2.00. The van der Waals surface area contributed by atoms with E-state index in [0.29, 0.717) is 6.61 Å². The highest BCUT2D eigenvalue weighted by atomic mass is 16.5. The van der Waals surface area contributed by atoms with Crippen molar-refractivity contribution in [3.8, 4) is 5.75 Å². The molecule has 104 valence electrons. The maximum atomic E-state index is 9.03. The van der Waals surface area contributed by atoms with Crippen LogP contribution in [0.1, 0.15) is 23.1 Å². The number of rotatable bonds is 4. The van der Waals surface area contributed by atoms with Gasteiger partial charge >= 0.3 is 0 Å². The van der Waals surface area contributed by atoms with Crippen molar-refractivity contribution < 1.29 is 9.84 Å². The monoisotopic (exact) mass is 269 g/mol. The van der Waals surface area contributed by atoms with Crippen LogP contribution in [0.4, 0.5) is 5.69 Å². The molecule has 0 spiro atoms. The topological polar surface area (TPSA) is 41.5 Å². The third-order valence-corrected chi connectivity index (χ3v) is 3.64. The van der Waals surface area contributed by atoms with Crippen LogP contribution >= 0.6 is 0 Å². The molecule has 0 aromatic heterocycles. The lowest BCUT2D eigenvalue weighted by atomic mass is 10.0. The summed E-state index contributed by atoms with van der Waals surface area (Å²) in [5.74, 6) is 0.924. The molecular formula is C17H19NO2. The minimum Gasteiger partial charge on any atom is -0.487 e. The molecule has 1 heterocycles. The first kappa shape index (κ1) is 13.0. The van der Waals surface area contributed by atoms with Crippen LogP contribution in [0.5, 0.6) is 5.75 Å². The highest BCUT2D eigenvalue weighted by molar-refractivity contribution is 5.63. The molecule has 0 fully saturated rings. The molecule has 0 aliphatic carbocycles. The number of aliphatic hydroxyl groups is 1. The molecule has 0 radical (unpaired) electrons. The number of aryl methyl sites for hydroxylation is 1.